The number of ether oxygens (including phenoxy) is 1. The van der Waals surface area contributed by atoms with Gasteiger partial charge in [0.15, 0.2) is 0 Å². The van der Waals surface area contributed by atoms with Crippen LogP contribution in [0.2, 0.25) is 0 Å². The molecule has 0 bridgehead atoms. The van der Waals surface area contributed by atoms with Crippen molar-refractivity contribution in [3.05, 3.63) is 60.0 Å². The molecule has 1 amide bonds. The van der Waals surface area contributed by atoms with Gasteiger partial charge in [0.25, 0.3) is 5.91 Å². The average Bonchev–Trinajstić information content (AvgIpc) is 3.43. The Morgan fingerprint density at radius 3 is 2.54 bits per heavy atom. The molecule has 204 valence electrons. The van der Waals surface area contributed by atoms with Crippen molar-refractivity contribution in [2.75, 3.05) is 55.9 Å². The van der Waals surface area contributed by atoms with Crippen molar-refractivity contribution in [3.8, 4) is 17.1 Å². The molecule has 4 N–H and O–H groups in total. The number of rotatable bonds is 8. The number of hydrogen-bond donors (Lipinski definition) is 4. The molecule has 10 nitrogen and oxygen atoms in total. The zero-order valence-corrected chi connectivity index (χ0v) is 22.5. The Morgan fingerprint density at radius 2 is 1.82 bits per heavy atom. The highest BCUT2D eigenvalue weighted by Gasteiger charge is 2.21. The number of aromatic nitrogens is 3. The van der Waals surface area contributed by atoms with Gasteiger partial charge in [0, 0.05) is 57.2 Å². The molecule has 3 aliphatic rings. The summed E-state index contributed by atoms with van der Waals surface area (Å²) in [6.07, 6.45) is 1.66. The Bertz CT molecular complexity index is 1430. The Balaban J connectivity index is 1.41. The highest BCUT2D eigenvalue weighted by molar-refractivity contribution is 6.00. The van der Waals surface area contributed by atoms with E-state index in [1.807, 2.05) is 18.2 Å². The Labute approximate surface area is 226 Å². The van der Waals surface area contributed by atoms with Crippen LogP contribution in [-0.2, 0) is 0 Å². The van der Waals surface area contributed by atoms with E-state index in [2.05, 4.69) is 55.6 Å². The van der Waals surface area contributed by atoms with Crippen molar-refractivity contribution >= 4 is 34.7 Å². The van der Waals surface area contributed by atoms with Gasteiger partial charge >= 0.3 is 0 Å². The standard InChI is InChI=1S/C28H33FN8O2/c1-17(2)36-11-13-37(14-12-36)19-6-8-23(24(16-19)39-4)33-28-34-25-20(9-10-31-25)26(35-28)32-22-7-5-18(29)15-21(22)27(38)30-3/h5-10,15-17H,11-14H2,1-4H3,(H,30,38)(H3,31,32,33,34,35). The summed E-state index contributed by atoms with van der Waals surface area (Å²) < 4.78 is 19.6. The first-order valence-electron chi connectivity index (χ1n) is 12.9. The minimum Gasteiger partial charge on any atom is -0.494 e. The second kappa shape index (κ2) is 11.2. The van der Waals surface area contributed by atoms with Gasteiger partial charge in [-0.05, 0) is 50.2 Å². The number of H-pyrrole nitrogens is 1. The van der Waals surface area contributed by atoms with E-state index in [1.54, 1.807) is 13.3 Å². The molecule has 0 radical (unpaired) electrons. The molecule has 0 atom stereocenters. The number of amides is 1. The molecule has 2 aromatic carbocycles. The molecule has 0 saturated carbocycles. The molecular formula is C28H33FN8O2. The summed E-state index contributed by atoms with van der Waals surface area (Å²) in [5.41, 5.74) is 3.14. The summed E-state index contributed by atoms with van der Waals surface area (Å²) >= 11 is 0. The predicted molar refractivity (Wildman–Crippen MR) is 151 cm³/mol. The third kappa shape index (κ3) is 5.58. The van der Waals surface area contributed by atoms with E-state index in [0.717, 1.165) is 43.1 Å². The van der Waals surface area contributed by atoms with Gasteiger partial charge in [-0.3, -0.25) is 9.69 Å². The van der Waals surface area contributed by atoms with Gasteiger partial charge in [-0.2, -0.15) is 4.98 Å². The largest absolute Gasteiger partial charge is 0.494 e. The third-order valence-electron chi connectivity index (χ3n) is 6.97. The van der Waals surface area contributed by atoms with Gasteiger partial charge in [-0.25, -0.2) is 9.37 Å². The van der Waals surface area contributed by atoms with Crippen LogP contribution in [0.15, 0.2) is 48.7 Å². The number of halogens is 1. The average molecular weight is 533 g/mol. The fourth-order valence-electron chi connectivity index (χ4n) is 4.77. The maximum Gasteiger partial charge on any atom is 0.253 e. The van der Waals surface area contributed by atoms with E-state index in [4.69, 9.17) is 9.72 Å². The smallest absolute Gasteiger partial charge is 0.253 e. The lowest BCUT2D eigenvalue weighted by Gasteiger charge is -2.38. The Morgan fingerprint density at radius 1 is 1.05 bits per heavy atom. The van der Waals surface area contributed by atoms with E-state index in [-0.39, 0.29) is 5.56 Å². The number of anilines is 5. The van der Waals surface area contributed by atoms with E-state index in [1.165, 1.54) is 25.2 Å². The summed E-state index contributed by atoms with van der Waals surface area (Å²) in [5, 5.41) is 9.03. The number of carbonyl (C=O) groups is 1. The van der Waals surface area contributed by atoms with Crippen LogP contribution < -0.4 is 25.6 Å². The molecule has 3 heterocycles. The molecule has 1 saturated heterocycles. The number of methoxy groups -OCH3 is 1. The Kier molecular flexibility index (Phi) is 7.51. The van der Waals surface area contributed by atoms with Crippen LogP contribution in [-0.4, -0.2) is 72.1 Å². The lowest BCUT2D eigenvalue weighted by Crippen LogP contribution is -2.48. The van der Waals surface area contributed by atoms with Crippen LogP contribution >= 0.6 is 0 Å². The molecule has 39 heavy (non-hydrogen) atoms. The first-order valence-corrected chi connectivity index (χ1v) is 12.9. The lowest BCUT2D eigenvalue weighted by molar-refractivity contribution is 0.0963. The molecule has 0 aromatic heterocycles. The monoisotopic (exact) mass is 532 g/mol. The maximum absolute atomic E-state index is 13.9. The molecule has 1 fully saturated rings. The van der Waals surface area contributed by atoms with Gasteiger partial charge < -0.3 is 30.6 Å². The molecule has 3 aliphatic heterocycles. The summed E-state index contributed by atoms with van der Waals surface area (Å²) in [6, 6.07) is 12.4. The first-order chi connectivity index (χ1) is 18.9. The highest BCUT2D eigenvalue weighted by atomic mass is 19.1. The van der Waals surface area contributed by atoms with E-state index < -0.39 is 11.7 Å². The highest BCUT2D eigenvalue weighted by Crippen LogP contribution is 2.35. The van der Waals surface area contributed by atoms with Crippen LogP contribution in [0.1, 0.15) is 24.2 Å². The number of carbonyl (C=O) groups excluding carboxylic acids is 1. The van der Waals surface area contributed by atoms with Crippen LogP contribution in [0.3, 0.4) is 0 Å². The second-order valence-electron chi connectivity index (χ2n) is 9.66. The first kappa shape index (κ1) is 26.2. The fourth-order valence-corrected chi connectivity index (χ4v) is 4.77. The van der Waals surface area contributed by atoms with Crippen molar-refractivity contribution in [1.29, 1.82) is 0 Å². The third-order valence-corrected chi connectivity index (χ3v) is 6.97. The molecule has 0 spiro atoms. The van der Waals surface area contributed by atoms with Crippen LogP contribution in [0.4, 0.5) is 33.2 Å². The van der Waals surface area contributed by atoms with Crippen molar-refractivity contribution in [1.82, 2.24) is 25.2 Å². The van der Waals surface area contributed by atoms with Gasteiger partial charge in [-0.15, -0.1) is 0 Å². The number of aromatic amines is 1. The van der Waals surface area contributed by atoms with Crippen LogP contribution in [0, 0.1) is 5.82 Å². The number of piperazine rings is 1. The number of benzene rings is 2. The van der Waals surface area contributed by atoms with Crippen LogP contribution in [0.5, 0.6) is 5.75 Å². The van der Waals surface area contributed by atoms with Gasteiger partial charge in [0.2, 0.25) is 5.95 Å². The van der Waals surface area contributed by atoms with Crippen molar-refractivity contribution in [2.45, 2.75) is 19.9 Å². The van der Waals surface area contributed by atoms with Crippen molar-refractivity contribution in [3.63, 3.8) is 0 Å². The summed E-state index contributed by atoms with van der Waals surface area (Å²) in [6.45, 7) is 8.42. The molecule has 0 unspecified atom stereocenters. The number of nitrogens with zero attached hydrogens (tertiary/aromatic N) is 4. The molecule has 11 heteroatoms. The van der Waals surface area contributed by atoms with Gasteiger partial charge in [-0.1, -0.05) is 0 Å². The van der Waals surface area contributed by atoms with E-state index in [0.29, 0.717) is 35.1 Å². The zero-order valence-electron chi connectivity index (χ0n) is 22.5. The lowest BCUT2D eigenvalue weighted by atomic mass is 10.1. The predicted octanol–water partition coefficient (Wildman–Crippen LogP) is 4.43. The SMILES string of the molecule is CNC(=O)c1cc(F)ccc1Nc1nc(Nc2ccc(N3CCN(C(C)C)CC3)cc2OC)[nH]c2nccc1-2. The molecule has 0 aliphatic carbocycles. The van der Waals surface area contributed by atoms with Gasteiger partial charge in [0.05, 0.1) is 29.6 Å². The quantitative estimate of drug-likeness (QED) is 0.264. The minimum absolute atomic E-state index is 0.167. The number of hydrogen-bond acceptors (Lipinski definition) is 8. The van der Waals surface area contributed by atoms with E-state index >= 15 is 0 Å². The number of fused-ring (bicyclic) bond motifs is 1. The summed E-state index contributed by atoms with van der Waals surface area (Å²) in [4.78, 5) is 29.5. The number of nitrogens with one attached hydrogen (secondary N) is 4. The van der Waals surface area contributed by atoms with Gasteiger partial charge in [0.1, 0.15) is 23.2 Å². The zero-order chi connectivity index (χ0) is 27.5. The van der Waals surface area contributed by atoms with Crippen LogP contribution in [0.25, 0.3) is 11.4 Å². The Hall–Kier alpha value is -4.38. The fraction of sp³-hybridized carbons (Fsp3) is 0.321. The van der Waals surface area contributed by atoms with Crippen molar-refractivity contribution < 1.29 is 13.9 Å². The molecule has 5 rings (SSSR count). The topological polar surface area (TPSA) is 110 Å². The molecule has 2 aromatic rings. The summed E-state index contributed by atoms with van der Waals surface area (Å²) in [7, 11) is 3.14. The summed E-state index contributed by atoms with van der Waals surface area (Å²) in [5.74, 6) is 1.23. The molecular weight excluding hydrogens is 499 g/mol. The minimum atomic E-state index is -0.506. The normalized spacial score (nSPS) is 14.1. The van der Waals surface area contributed by atoms with Crippen molar-refractivity contribution in [2.24, 2.45) is 0 Å². The second-order valence-corrected chi connectivity index (χ2v) is 9.66. The van der Waals surface area contributed by atoms with E-state index in [9.17, 15) is 9.18 Å². The maximum atomic E-state index is 13.9.